The molecule has 0 aliphatic carbocycles. The zero-order chi connectivity index (χ0) is 12.8. The summed E-state index contributed by atoms with van der Waals surface area (Å²) >= 11 is 0. The summed E-state index contributed by atoms with van der Waals surface area (Å²) in [7, 11) is 0. The summed E-state index contributed by atoms with van der Waals surface area (Å²) in [6, 6.07) is 10.4. The van der Waals surface area contributed by atoms with Crippen molar-refractivity contribution in [3.8, 4) is 0 Å². The second-order valence-corrected chi connectivity index (χ2v) is 4.37. The molecule has 0 spiro atoms. The van der Waals surface area contributed by atoms with Crippen LogP contribution in [0.25, 0.3) is 0 Å². The van der Waals surface area contributed by atoms with Crippen molar-refractivity contribution in [2.45, 2.75) is 32.2 Å². The van der Waals surface area contributed by atoms with Gasteiger partial charge < -0.3 is 5.73 Å². The van der Waals surface area contributed by atoms with Crippen LogP contribution in [0.15, 0.2) is 36.7 Å². The largest absolute Gasteiger partial charge is 0.330 e. The smallest absolute Gasteiger partial charge is 0.138 e. The van der Waals surface area contributed by atoms with E-state index in [0.717, 1.165) is 25.2 Å². The molecule has 2 N–H and O–H groups in total. The fourth-order valence-corrected chi connectivity index (χ4v) is 2.19. The molecule has 0 aliphatic rings. The summed E-state index contributed by atoms with van der Waals surface area (Å²) in [5.41, 5.74) is 7.18. The molecular formula is C14H20N4. The Hall–Kier alpha value is -1.68. The van der Waals surface area contributed by atoms with Crippen molar-refractivity contribution in [1.29, 1.82) is 0 Å². The average Bonchev–Trinajstić information content (AvgIpc) is 2.88. The van der Waals surface area contributed by atoms with Gasteiger partial charge in [0, 0.05) is 13.0 Å². The lowest BCUT2D eigenvalue weighted by molar-refractivity contribution is 0.567. The summed E-state index contributed by atoms with van der Waals surface area (Å²) < 4.78 is 1.94. The normalized spacial score (nSPS) is 12.6. The summed E-state index contributed by atoms with van der Waals surface area (Å²) in [5.74, 6) is 1.44. The topological polar surface area (TPSA) is 56.7 Å². The number of aromatic nitrogens is 3. The van der Waals surface area contributed by atoms with Gasteiger partial charge in [-0.2, -0.15) is 5.10 Å². The molecule has 1 unspecified atom stereocenters. The first-order valence-corrected chi connectivity index (χ1v) is 6.46. The number of hydrogen-bond acceptors (Lipinski definition) is 3. The van der Waals surface area contributed by atoms with E-state index in [9.17, 15) is 0 Å². The van der Waals surface area contributed by atoms with Gasteiger partial charge in [0.15, 0.2) is 0 Å². The van der Waals surface area contributed by atoms with Crippen LogP contribution < -0.4 is 5.73 Å². The van der Waals surface area contributed by atoms with Crippen molar-refractivity contribution >= 4 is 0 Å². The van der Waals surface area contributed by atoms with Gasteiger partial charge in [-0.15, -0.1) is 0 Å². The third kappa shape index (κ3) is 2.96. The third-order valence-electron chi connectivity index (χ3n) is 3.27. The van der Waals surface area contributed by atoms with Crippen LogP contribution in [0.2, 0.25) is 0 Å². The lowest BCUT2D eigenvalue weighted by Gasteiger charge is -2.14. The molecule has 0 radical (unpaired) electrons. The first kappa shape index (κ1) is 12.8. The van der Waals surface area contributed by atoms with E-state index in [0.29, 0.717) is 12.5 Å². The number of aryl methyl sites for hydroxylation is 2. The Morgan fingerprint density at radius 1 is 1.28 bits per heavy atom. The molecule has 1 aromatic carbocycles. The number of rotatable bonds is 6. The molecule has 18 heavy (non-hydrogen) atoms. The maximum atomic E-state index is 5.87. The van der Waals surface area contributed by atoms with E-state index in [1.54, 1.807) is 6.33 Å². The molecule has 2 aromatic rings. The summed E-state index contributed by atoms with van der Waals surface area (Å²) in [4.78, 5) is 4.30. The van der Waals surface area contributed by atoms with Crippen molar-refractivity contribution in [3.63, 3.8) is 0 Å². The van der Waals surface area contributed by atoms with E-state index in [1.165, 1.54) is 5.56 Å². The molecule has 4 heteroatoms. The van der Waals surface area contributed by atoms with Crippen LogP contribution in [0.1, 0.15) is 30.7 Å². The lowest BCUT2D eigenvalue weighted by Crippen LogP contribution is -2.14. The first-order chi connectivity index (χ1) is 8.85. The highest BCUT2D eigenvalue weighted by molar-refractivity contribution is 5.19. The van der Waals surface area contributed by atoms with Crippen molar-refractivity contribution in [2.75, 3.05) is 6.54 Å². The maximum absolute atomic E-state index is 5.87. The minimum atomic E-state index is 0.396. The Kier molecular flexibility index (Phi) is 4.47. The molecule has 1 atom stereocenters. The summed E-state index contributed by atoms with van der Waals surface area (Å²) in [5, 5.41) is 4.19. The van der Waals surface area contributed by atoms with Crippen molar-refractivity contribution in [3.05, 3.63) is 48.0 Å². The van der Waals surface area contributed by atoms with Gasteiger partial charge in [-0.05, 0) is 31.4 Å². The average molecular weight is 244 g/mol. The van der Waals surface area contributed by atoms with Gasteiger partial charge in [0.05, 0.1) is 0 Å². The Morgan fingerprint density at radius 3 is 2.72 bits per heavy atom. The van der Waals surface area contributed by atoms with E-state index in [4.69, 9.17) is 5.73 Å². The highest BCUT2D eigenvalue weighted by Gasteiger charge is 2.11. The zero-order valence-corrected chi connectivity index (χ0v) is 10.8. The van der Waals surface area contributed by atoms with Gasteiger partial charge in [0.25, 0.3) is 0 Å². The molecule has 0 amide bonds. The quantitative estimate of drug-likeness (QED) is 0.845. The second kappa shape index (κ2) is 6.31. The molecule has 0 bridgehead atoms. The lowest BCUT2D eigenvalue weighted by atomic mass is 9.94. The van der Waals surface area contributed by atoms with E-state index >= 15 is 0 Å². The van der Waals surface area contributed by atoms with E-state index < -0.39 is 0 Å². The number of nitrogens with zero attached hydrogens (tertiary/aromatic N) is 3. The molecule has 4 nitrogen and oxygen atoms in total. The maximum Gasteiger partial charge on any atom is 0.138 e. The molecule has 1 heterocycles. The molecule has 0 saturated heterocycles. The SMILES string of the molecule is CCn1ncnc1CCC(CN)c1ccccc1. The van der Waals surface area contributed by atoms with Crippen LogP contribution in [0.4, 0.5) is 0 Å². The monoisotopic (exact) mass is 244 g/mol. The Morgan fingerprint density at radius 2 is 2.06 bits per heavy atom. The van der Waals surface area contributed by atoms with Gasteiger partial charge >= 0.3 is 0 Å². The molecule has 0 saturated carbocycles. The van der Waals surface area contributed by atoms with Crippen molar-refractivity contribution in [2.24, 2.45) is 5.73 Å². The van der Waals surface area contributed by atoms with Gasteiger partial charge in [-0.1, -0.05) is 30.3 Å². The first-order valence-electron chi connectivity index (χ1n) is 6.46. The number of nitrogens with two attached hydrogens (primary N) is 1. The fraction of sp³-hybridized carbons (Fsp3) is 0.429. The van der Waals surface area contributed by atoms with E-state index in [1.807, 2.05) is 10.7 Å². The van der Waals surface area contributed by atoms with Crippen LogP contribution >= 0.6 is 0 Å². The fourth-order valence-electron chi connectivity index (χ4n) is 2.19. The highest BCUT2D eigenvalue weighted by atomic mass is 15.3. The van der Waals surface area contributed by atoms with Crippen LogP contribution in [-0.2, 0) is 13.0 Å². The van der Waals surface area contributed by atoms with Gasteiger partial charge in [0.1, 0.15) is 12.2 Å². The third-order valence-corrected chi connectivity index (χ3v) is 3.27. The van der Waals surface area contributed by atoms with Gasteiger partial charge in [-0.3, -0.25) is 4.68 Å². The minimum Gasteiger partial charge on any atom is -0.330 e. The molecule has 0 aliphatic heterocycles. The summed E-state index contributed by atoms with van der Waals surface area (Å²) in [6.07, 6.45) is 3.56. The van der Waals surface area contributed by atoms with Crippen molar-refractivity contribution < 1.29 is 0 Å². The molecule has 1 aromatic heterocycles. The van der Waals surface area contributed by atoms with Crippen LogP contribution in [0.5, 0.6) is 0 Å². The second-order valence-electron chi connectivity index (χ2n) is 4.37. The molecular weight excluding hydrogens is 224 g/mol. The Balaban J connectivity index is 2.00. The van der Waals surface area contributed by atoms with E-state index in [-0.39, 0.29) is 0 Å². The minimum absolute atomic E-state index is 0.396. The highest BCUT2D eigenvalue weighted by Crippen LogP contribution is 2.19. The van der Waals surface area contributed by atoms with Crippen LogP contribution in [-0.4, -0.2) is 21.3 Å². The predicted octanol–water partition coefficient (Wildman–Crippen LogP) is 1.97. The standard InChI is InChI=1S/C14H20N4/c1-2-18-14(16-11-17-18)9-8-13(10-15)12-6-4-3-5-7-12/h3-7,11,13H,2,8-10,15H2,1H3. The Bertz CT molecular complexity index is 464. The number of benzene rings is 1. The molecule has 96 valence electrons. The summed E-state index contributed by atoms with van der Waals surface area (Å²) in [6.45, 7) is 3.62. The van der Waals surface area contributed by atoms with Gasteiger partial charge in [0.2, 0.25) is 0 Å². The predicted molar refractivity (Wildman–Crippen MR) is 72.3 cm³/mol. The van der Waals surface area contributed by atoms with Crippen LogP contribution in [0, 0.1) is 0 Å². The molecule has 2 rings (SSSR count). The molecule has 0 fully saturated rings. The van der Waals surface area contributed by atoms with Gasteiger partial charge in [-0.25, -0.2) is 4.98 Å². The van der Waals surface area contributed by atoms with E-state index in [2.05, 4.69) is 41.3 Å². The zero-order valence-electron chi connectivity index (χ0n) is 10.8. The Labute approximate surface area is 108 Å². The number of hydrogen-bond donors (Lipinski definition) is 1. The van der Waals surface area contributed by atoms with Crippen molar-refractivity contribution in [1.82, 2.24) is 14.8 Å². The van der Waals surface area contributed by atoms with Crippen LogP contribution in [0.3, 0.4) is 0 Å².